The van der Waals surface area contributed by atoms with Gasteiger partial charge in [-0.2, -0.15) is 5.01 Å². The smallest absolute Gasteiger partial charge is 0.342 e. The van der Waals surface area contributed by atoms with Gasteiger partial charge in [-0.3, -0.25) is 19.8 Å². The Morgan fingerprint density at radius 2 is 1.89 bits per heavy atom. The number of urea groups is 1. The zero-order valence-corrected chi connectivity index (χ0v) is 15.3. The highest BCUT2D eigenvalue weighted by Crippen LogP contribution is 2.31. The van der Waals surface area contributed by atoms with E-state index in [9.17, 15) is 19.2 Å². The van der Waals surface area contributed by atoms with Crippen LogP contribution in [-0.2, 0) is 15.1 Å². The van der Waals surface area contributed by atoms with Gasteiger partial charge >= 0.3 is 6.03 Å². The molecule has 1 aliphatic heterocycles. The summed E-state index contributed by atoms with van der Waals surface area (Å²) < 4.78 is 0. The summed E-state index contributed by atoms with van der Waals surface area (Å²) in [5.74, 6) is -1.65. The van der Waals surface area contributed by atoms with Gasteiger partial charge in [-0.15, -0.1) is 11.3 Å². The monoisotopic (exact) mass is 386 g/mol. The van der Waals surface area contributed by atoms with Crippen LogP contribution >= 0.6 is 11.3 Å². The van der Waals surface area contributed by atoms with E-state index in [0.29, 0.717) is 21.9 Å². The van der Waals surface area contributed by atoms with Crippen molar-refractivity contribution in [3.63, 3.8) is 0 Å². The van der Waals surface area contributed by atoms with Gasteiger partial charge in [0.2, 0.25) is 0 Å². The predicted molar refractivity (Wildman–Crippen MR) is 98.6 cm³/mol. The van der Waals surface area contributed by atoms with Gasteiger partial charge in [0.1, 0.15) is 5.54 Å². The molecule has 5 amide bonds. The molecule has 0 spiro atoms. The second-order valence-corrected chi connectivity index (χ2v) is 6.84. The van der Waals surface area contributed by atoms with Crippen molar-refractivity contribution in [3.8, 4) is 0 Å². The molecular formula is C18H18N4O4S. The summed E-state index contributed by atoms with van der Waals surface area (Å²) in [6.45, 7) is 1.41. The number of rotatable bonds is 6. The Balaban J connectivity index is 1.66. The van der Waals surface area contributed by atoms with Gasteiger partial charge in [-0.1, -0.05) is 43.3 Å². The lowest BCUT2D eigenvalue weighted by atomic mass is 9.87. The molecule has 0 saturated carbocycles. The molecule has 27 heavy (non-hydrogen) atoms. The molecule has 1 fully saturated rings. The van der Waals surface area contributed by atoms with Gasteiger partial charge < -0.3 is 10.6 Å². The van der Waals surface area contributed by atoms with Crippen LogP contribution in [0.5, 0.6) is 0 Å². The van der Waals surface area contributed by atoms with Crippen LogP contribution in [0, 0.1) is 0 Å². The first kappa shape index (κ1) is 18.6. The molecule has 1 saturated heterocycles. The van der Waals surface area contributed by atoms with E-state index in [2.05, 4.69) is 16.1 Å². The van der Waals surface area contributed by atoms with Gasteiger partial charge in [-0.05, 0) is 23.4 Å². The quantitative estimate of drug-likeness (QED) is 0.652. The number of hydrazine groups is 1. The van der Waals surface area contributed by atoms with E-state index in [-0.39, 0.29) is 6.54 Å². The van der Waals surface area contributed by atoms with Crippen LogP contribution in [0.1, 0.15) is 28.6 Å². The Bertz CT molecular complexity index is 869. The number of nitrogens with one attached hydrogen (secondary N) is 3. The minimum atomic E-state index is -1.23. The molecule has 8 nitrogen and oxygen atoms in total. The number of carbonyl (C=O) groups excluding carboxylic acids is 4. The van der Waals surface area contributed by atoms with E-state index in [4.69, 9.17) is 0 Å². The predicted octanol–water partition coefficient (Wildman–Crippen LogP) is 1.37. The van der Waals surface area contributed by atoms with Gasteiger partial charge in [0.15, 0.2) is 0 Å². The van der Waals surface area contributed by atoms with Crippen LogP contribution in [0.2, 0.25) is 0 Å². The number of hydrogen-bond acceptors (Lipinski definition) is 5. The van der Waals surface area contributed by atoms with Crippen LogP contribution < -0.4 is 16.1 Å². The number of amides is 5. The molecule has 2 heterocycles. The van der Waals surface area contributed by atoms with Gasteiger partial charge in [-0.25, -0.2) is 4.79 Å². The van der Waals surface area contributed by atoms with Crippen LogP contribution in [-0.4, -0.2) is 35.3 Å². The summed E-state index contributed by atoms with van der Waals surface area (Å²) in [7, 11) is 0. The summed E-state index contributed by atoms with van der Waals surface area (Å²) in [4.78, 5) is 49.6. The normalized spacial score (nSPS) is 18.9. The number of nitrogens with zero attached hydrogens (tertiary/aromatic N) is 1. The average Bonchev–Trinajstić information content (AvgIpc) is 3.30. The summed E-state index contributed by atoms with van der Waals surface area (Å²) in [5.41, 5.74) is 1.66. The Morgan fingerprint density at radius 3 is 2.52 bits per heavy atom. The van der Waals surface area contributed by atoms with Crippen molar-refractivity contribution in [2.45, 2.75) is 18.9 Å². The van der Waals surface area contributed by atoms with Crippen molar-refractivity contribution in [1.82, 2.24) is 21.1 Å². The second kappa shape index (κ2) is 7.58. The van der Waals surface area contributed by atoms with Crippen LogP contribution in [0.25, 0.3) is 0 Å². The zero-order valence-electron chi connectivity index (χ0n) is 14.5. The van der Waals surface area contributed by atoms with Crippen molar-refractivity contribution in [1.29, 1.82) is 0 Å². The summed E-state index contributed by atoms with van der Waals surface area (Å²) >= 11 is 1.24. The highest BCUT2D eigenvalue weighted by Gasteiger charge is 2.52. The SMILES string of the molecule is CC[C@]1(c2ccccc2)NC(=O)N(NC(=O)CNC(=O)c2cccs2)C1=O. The molecule has 140 valence electrons. The fourth-order valence-corrected chi connectivity index (χ4v) is 3.50. The van der Waals surface area contributed by atoms with E-state index in [1.54, 1.807) is 48.7 Å². The van der Waals surface area contributed by atoms with Crippen molar-refractivity contribution in [2.75, 3.05) is 6.54 Å². The Morgan fingerprint density at radius 1 is 1.15 bits per heavy atom. The fraction of sp³-hybridized carbons (Fsp3) is 0.222. The number of carbonyl (C=O) groups is 4. The molecule has 3 N–H and O–H groups in total. The van der Waals surface area contributed by atoms with Gasteiger partial charge in [0.05, 0.1) is 11.4 Å². The molecule has 1 aromatic carbocycles. The maximum atomic E-state index is 12.9. The second-order valence-electron chi connectivity index (χ2n) is 5.89. The topological polar surface area (TPSA) is 108 Å². The lowest BCUT2D eigenvalue weighted by molar-refractivity contribution is -0.139. The molecule has 2 aromatic rings. The molecule has 1 aromatic heterocycles. The maximum absolute atomic E-state index is 12.9. The minimum absolute atomic E-state index is 0.322. The maximum Gasteiger partial charge on any atom is 0.344 e. The third-order valence-electron chi connectivity index (χ3n) is 4.28. The summed E-state index contributed by atoms with van der Waals surface area (Å²) in [6.07, 6.45) is 0.322. The van der Waals surface area contributed by atoms with Crippen molar-refractivity contribution in [2.24, 2.45) is 0 Å². The van der Waals surface area contributed by atoms with E-state index >= 15 is 0 Å². The molecule has 0 bridgehead atoms. The third kappa shape index (κ3) is 3.54. The van der Waals surface area contributed by atoms with Crippen LogP contribution in [0.4, 0.5) is 4.79 Å². The summed E-state index contributed by atoms with van der Waals surface area (Å²) in [6, 6.07) is 11.5. The molecule has 1 atom stereocenters. The van der Waals surface area contributed by atoms with Crippen molar-refractivity contribution < 1.29 is 19.2 Å². The average molecular weight is 386 g/mol. The van der Waals surface area contributed by atoms with E-state index < -0.39 is 29.3 Å². The summed E-state index contributed by atoms with van der Waals surface area (Å²) in [5, 5.41) is 7.52. The van der Waals surface area contributed by atoms with E-state index in [1.165, 1.54) is 11.3 Å². The van der Waals surface area contributed by atoms with Gasteiger partial charge in [0, 0.05) is 0 Å². The van der Waals surface area contributed by atoms with E-state index in [1.807, 2.05) is 6.07 Å². The number of hydrogen-bond donors (Lipinski definition) is 3. The fourth-order valence-electron chi connectivity index (χ4n) is 2.86. The minimum Gasteiger partial charge on any atom is -0.342 e. The molecule has 0 radical (unpaired) electrons. The first-order valence-electron chi connectivity index (χ1n) is 8.31. The molecule has 3 rings (SSSR count). The highest BCUT2D eigenvalue weighted by atomic mass is 32.1. The molecule has 1 aliphatic rings. The Kier molecular flexibility index (Phi) is 5.22. The Hall–Kier alpha value is -3.20. The first-order valence-corrected chi connectivity index (χ1v) is 9.19. The lowest BCUT2D eigenvalue weighted by Crippen LogP contribution is -2.51. The van der Waals surface area contributed by atoms with Gasteiger partial charge in [0.25, 0.3) is 17.7 Å². The molecule has 0 aliphatic carbocycles. The number of thiophene rings is 1. The first-order chi connectivity index (χ1) is 13.0. The standard InChI is InChI=1S/C18H18N4O4S/c1-2-18(12-7-4-3-5-8-12)16(25)22(17(26)20-18)21-14(23)11-19-15(24)13-9-6-10-27-13/h3-10H,2,11H2,1H3,(H,19,24)(H,20,26)(H,21,23)/t18-/m1/s1. The zero-order chi connectivity index (χ0) is 19.4. The third-order valence-corrected chi connectivity index (χ3v) is 5.15. The molecule has 0 unspecified atom stereocenters. The lowest BCUT2D eigenvalue weighted by Gasteiger charge is -2.25. The van der Waals surface area contributed by atoms with Crippen molar-refractivity contribution in [3.05, 3.63) is 58.3 Å². The number of benzene rings is 1. The molecular weight excluding hydrogens is 368 g/mol. The van der Waals surface area contributed by atoms with E-state index in [0.717, 1.165) is 0 Å². The van der Waals surface area contributed by atoms with Crippen LogP contribution in [0.15, 0.2) is 47.8 Å². The van der Waals surface area contributed by atoms with Crippen molar-refractivity contribution >= 4 is 35.1 Å². The Labute approximate surface area is 159 Å². The molecule has 9 heteroatoms. The largest absolute Gasteiger partial charge is 0.344 e. The number of imide groups is 1. The highest BCUT2D eigenvalue weighted by molar-refractivity contribution is 7.12. The van der Waals surface area contributed by atoms with Crippen LogP contribution in [0.3, 0.4) is 0 Å².